The Balaban J connectivity index is 1.58. The second-order valence-electron chi connectivity index (χ2n) is 5.87. The summed E-state index contributed by atoms with van der Waals surface area (Å²) in [5, 5.41) is 3.40. The highest BCUT2D eigenvalue weighted by atomic mass is 16.5. The van der Waals surface area contributed by atoms with E-state index in [9.17, 15) is 0 Å². The number of anilines is 1. The summed E-state index contributed by atoms with van der Waals surface area (Å²) < 4.78 is 11.4. The van der Waals surface area contributed by atoms with Crippen molar-refractivity contribution in [1.82, 2.24) is 4.90 Å². The van der Waals surface area contributed by atoms with Crippen molar-refractivity contribution in [1.29, 1.82) is 0 Å². The highest BCUT2D eigenvalue weighted by Gasteiger charge is 2.21. The number of nitrogens with zero attached hydrogens (tertiary/aromatic N) is 1. The zero-order valence-electron chi connectivity index (χ0n) is 12.4. The van der Waals surface area contributed by atoms with E-state index in [4.69, 9.17) is 9.47 Å². The van der Waals surface area contributed by atoms with Crippen LogP contribution in [0, 0.1) is 0 Å². The number of benzene rings is 1. The van der Waals surface area contributed by atoms with Crippen molar-refractivity contribution >= 4 is 5.69 Å². The van der Waals surface area contributed by atoms with Crippen molar-refractivity contribution in [2.75, 3.05) is 38.1 Å². The molecule has 3 rings (SSSR count). The van der Waals surface area contributed by atoms with Gasteiger partial charge in [-0.2, -0.15) is 0 Å². The number of fused-ring (bicyclic) bond motifs is 1. The molecule has 0 aromatic heterocycles. The van der Waals surface area contributed by atoms with Gasteiger partial charge in [0.1, 0.15) is 12.4 Å². The van der Waals surface area contributed by atoms with Gasteiger partial charge in [-0.3, -0.25) is 4.90 Å². The summed E-state index contributed by atoms with van der Waals surface area (Å²) in [6.07, 6.45) is 1.77. The van der Waals surface area contributed by atoms with Gasteiger partial charge in [-0.15, -0.1) is 0 Å². The molecule has 1 aromatic rings. The molecule has 4 heteroatoms. The van der Waals surface area contributed by atoms with Gasteiger partial charge in [0.25, 0.3) is 0 Å². The Morgan fingerprint density at radius 2 is 2.05 bits per heavy atom. The molecule has 0 radical (unpaired) electrons. The van der Waals surface area contributed by atoms with E-state index < -0.39 is 0 Å². The lowest BCUT2D eigenvalue weighted by molar-refractivity contribution is -0.0675. The maximum absolute atomic E-state index is 5.77. The first-order valence-electron chi connectivity index (χ1n) is 7.58. The molecule has 2 atom stereocenters. The zero-order valence-corrected chi connectivity index (χ0v) is 12.4. The molecular formula is C16H24N2O2. The lowest BCUT2D eigenvalue weighted by atomic mass is 10.1. The van der Waals surface area contributed by atoms with Gasteiger partial charge in [-0.1, -0.05) is 6.07 Å². The van der Waals surface area contributed by atoms with Gasteiger partial charge in [0, 0.05) is 26.2 Å². The van der Waals surface area contributed by atoms with Crippen LogP contribution in [-0.4, -0.2) is 49.9 Å². The Kier molecular flexibility index (Phi) is 4.13. The SMILES string of the molecule is CC1CN(CCc2ccc3c(c2)NCCO3)CC(C)O1. The number of ether oxygens (including phenoxy) is 2. The molecule has 0 bridgehead atoms. The lowest BCUT2D eigenvalue weighted by Gasteiger charge is -2.35. The van der Waals surface area contributed by atoms with Crippen LogP contribution in [0.2, 0.25) is 0 Å². The monoisotopic (exact) mass is 276 g/mol. The van der Waals surface area contributed by atoms with Crippen LogP contribution in [0.5, 0.6) is 5.75 Å². The smallest absolute Gasteiger partial charge is 0.142 e. The van der Waals surface area contributed by atoms with Crippen LogP contribution < -0.4 is 10.1 Å². The number of rotatable bonds is 3. The minimum atomic E-state index is 0.345. The lowest BCUT2D eigenvalue weighted by Crippen LogP contribution is -2.46. The highest BCUT2D eigenvalue weighted by Crippen LogP contribution is 2.28. The molecule has 2 aliphatic rings. The van der Waals surface area contributed by atoms with E-state index in [1.807, 2.05) is 0 Å². The van der Waals surface area contributed by atoms with Crippen LogP contribution in [0.4, 0.5) is 5.69 Å². The van der Waals surface area contributed by atoms with E-state index in [1.165, 1.54) is 5.56 Å². The van der Waals surface area contributed by atoms with E-state index in [-0.39, 0.29) is 0 Å². The second kappa shape index (κ2) is 6.02. The Morgan fingerprint density at radius 3 is 2.85 bits per heavy atom. The van der Waals surface area contributed by atoms with Gasteiger partial charge < -0.3 is 14.8 Å². The van der Waals surface area contributed by atoms with Crippen molar-refractivity contribution in [3.8, 4) is 5.75 Å². The van der Waals surface area contributed by atoms with Crippen LogP contribution in [-0.2, 0) is 11.2 Å². The van der Waals surface area contributed by atoms with Crippen molar-refractivity contribution in [2.24, 2.45) is 0 Å². The first-order valence-corrected chi connectivity index (χ1v) is 7.58. The molecule has 4 nitrogen and oxygen atoms in total. The van der Waals surface area contributed by atoms with Crippen LogP contribution in [0.15, 0.2) is 18.2 Å². The van der Waals surface area contributed by atoms with Crippen LogP contribution in [0.1, 0.15) is 19.4 Å². The second-order valence-corrected chi connectivity index (χ2v) is 5.87. The minimum Gasteiger partial charge on any atom is -0.490 e. The summed E-state index contributed by atoms with van der Waals surface area (Å²) in [6, 6.07) is 6.49. The first kappa shape index (κ1) is 13.7. The standard InChI is InChI=1S/C16H24N2O2/c1-12-10-18(11-13(2)20-12)7-5-14-3-4-16-15(9-14)17-6-8-19-16/h3-4,9,12-13,17H,5-8,10-11H2,1-2H3. The van der Waals surface area contributed by atoms with Gasteiger partial charge in [-0.25, -0.2) is 0 Å². The van der Waals surface area contributed by atoms with E-state index in [0.29, 0.717) is 12.2 Å². The quantitative estimate of drug-likeness (QED) is 0.917. The van der Waals surface area contributed by atoms with Gasteiger partial charge in [0.15, 0.2) is 0 Å². The average Bonchev–Trinajstić information content (AvgIpc) is 2.44. The first-order chi connectivity index (χ1) is 9.70. The normalized spacial score (nSPS) is 26.5. The van der Waals surface area contributed by atoms with Crippen molar-refractivity contribution in [3.05, 3.63) is 23.8 Å². The van der Waals surface area contributed by atoms with Crippen molar-refractivity contribution < 1.29 is 9.47 Å². The summed E-state index contributed by atoms with van der Waals surface area (Å²) in [5.41, 5.74) is 2.51. The molecule has 1 fully saturated rings. The fourth-order valence-corrected chi connectivity index (χ4v) is 3.10. The summed E-state index contributed by atoms with van der Waals surface area (Å²) in [5.74, 6) is 0.980. The largest absolute Gasteiger partial charge is 0.490 e. The van der Waals surface area contributed by atoms with Gasteiger partial charge in [0.2, 0.25) is 0 Å². The molecule has 110 valence electrons. The molecule has 0 aliphatic carbocycles. The molecule has 2 unspecified atom stereocenters. The molecule has 0 saturated carbocycles. The predicted molar refractivity (Wildman–Crippen MR) is 80.6 cm³/mol. The molecule has 20 heavy (non-hydrogen) atoms. The van der Waals surface area contributed by atoms with Gasteiger partial charge in [0.05, 0.1) is 17.9 Å². The third-order valence-electron chi connectivity index (χ3n) is 3.93. The highest BCUT2D eigenvalue weighted by molar-refractivity contribution is 5.59. The number of morpholine rings is 1. The molecule has 2 aliphatic heterocycles. The fourth-order valence-electron chi connectivity index (χ4n) is 3.10. The third-order valence-corrected chi connectivity index (χ3v) is 3.93. The summed E-state index contributed by atoms with van der Waals surface area (Å²) in [6.45, 7) is 9.14. The maximum atomic E-state index is 5.77. The molecule has 2 heterocycles. The number of hydrogen-bond acceptors (Lipinski definition) is 4. The number of hydrogen-bond donors (Lipinski definition) is 1. The van der Waals surface area contributed by atoms with Gasteiger partial charge >= 0.3 is 0 Å². The summed E-state index contributed by atoms with van der Waals surface area (Å²) >= 11 is 0. The number of nitrogens with one attached hydrogen (secondary N) is 1. The molecule has 0 amide bonds. The van der Waals surface area contributed by atoms with Gasteiger partial charge in [-0.05, 0) is 38.0 Å². The Labute approximate surface area is 121 Å². The van der Waals surface area contributed by atoms with Crippen LogP contribution in [0.25, 0.3) is 0 Å². The summed E-state index contributed by atoms with van der Waals surface area (Å²) in [4.78, 5) is 2.50. The fraction of sp³-hybridized carbons (Fsp3) is 0.625. The average molecular weight is 276 g/mol. The Hall–Kier alpha value is -1.26. The van der Waals surface area contributed by atoms with E-state index in [0.717, 1.165) is 50.6 Å². The third kappa shape index (κ3) is 3.25. The van der Waals surface area contributed by atoms with E-state index in [1.54, 1.807) is 0 Å². The zero-order chi connectivity index (χ0) is 13.9. The maximum Gasteiger partial charge on any atom is 0.142 e. The Bertz CT molecular complexity index is 454. The van der Waals surface area contributed by atoms with E-state index >= 15 is 0 Å². The molecule has 1 saturated heterocycles. The van der Waals surface area contributed by atoms with Crippen molar-refractivity contribution in [2.45, 2.75) is 32.5 Å². The predicted octanol–water partition coefficient (Wildman–Crippen LogP) is 2.14. The minimum absolute atomic E-state index is 0.345. The topological polar surface area (TPSA) is 33.7 Å². The van der Waals surface area contributed by atoms with Crippen molar-refractivity contribution in [3.63, 3.8) is 0 Å². The van der Waals surface area contributed by atoms with Crippen LogP contribution in [0.3, 0.4) is 0 Å². The molecular weight excluding hydrogens is 252 g/mol. The Morgan fingerprint density at radius 1 is 1.25 bits per heavy atom. The molecule has 0 spiro atoms. The molecule has 1 aromatic carbocycles. The van der Waals surface area contributed by atoms with E-state index in [2.05, 4.69) is 42.3 Å². The summed E-state index contributed by atoms with van der Waals surface area (Å²) in [7, 11) is 0. The molecule has 1 N–H and O–H groups in total. The van der Waals surface area contributed by atoms with Crippen LogP contribution >= 0.6 is 0 Å².